The van der Waals surface area contributed by atoms with Gasteiger partial charge >= 0.3 is 0 Å². The van der Waals surface area contributed by atoms with Crippen LogP contribution in [0.2, 0.25) is 0 Å². The minimum Gasteiger partial charge on any atom is -0.419 e. The molecule has 8 heteroatoms. The third-order valence-corrected chi connectivity index (χ3v) is 7.24. The number of piperazine rings is 1. The van der Waals surface area contributed by atoms with Crippen LogP contribution in [0.15, 0.2) is 67.3 Å². The number of rotatable bonds is 4. The molecule has 2 heterocycles. The van der Waals surface area contributed by atoms with E-state index in [1.54, 1.807) is 24.3 Å². The average molecular weight is 476 g/mol. The normalized spacial score (nSPS) is 15.6. The Labute approximate surface area is 179 Å². The lowest BCUT2D eigenvalue weighted by Gasteiger charge is -2.32. The Bertz CT molecular complexity index is 1100. The van der Waals surface area contributed by atoms with Crippen LogP contribution in [0.1, 0.15) is 5.56 Å². The fourth-order valence-electron chi connectivity index (χ4n) is 3.23. The number of hydrogen-bond acceptors (Lipinski definition) is 6. The van der Waals surface area contributed by atoms with E-state index in [1.165, 1.54) is 0 Å². The Kier molecular flexibility index (Phi) is 5.50. The molecule has 29 heavy (non-hydrogen) atoms. The maximum atomic E-state index is 13.4. The minimum absolute atomic E-state index is 0.0278. The first-order chi connectivity index (χ1) is 13.8. The summed E-state index contributed by atoms with van der Waals surface area (Å²) in [6.07, 6.45) is 0. The highest BCUT2D eigenvalue weighted by Gasteiger charge is 2.32. The van der Waals surface area contributed by atoms with E-state index in [0.29, 0.717) is 24.9 Å². The van der Waals surface area contributed by atoms with Crippen molar-refractivity contribution in [2.24, 2.45) is 0 Å². The number of aromatic nitrogens is 1. The van der Waals surface area contributed by atoms with Crippen LogP contribution in [-0.4, -0.2) is 51.5 Å². The van der Waals surface area contributed by atoms with Gasteiger partial charge in [0, 0.05) is 36.2 Å². The van der Waals surface area contributed by atoms with Gasteiger partial charge in [-0.15, -0.1) is 0 Å². The number of anilines is 1. The molecule has 1 saturated heterocycles. The molecule has 0 saturated carbocycles. The summed E-state index contributed by atoms with van der Waals surface area (Å²) in [4.78, 5) is 8.82. The quantitative estimate of drug-likeness (QED) is 0.567. The third-order valence-electron chi connectivity index (χ3n) is 5.05. The van der Waals surface area contributed by atoms with E-state index in [1.807, 2.05) is 36.1 Å². The van der Waals surface area contributed by atoms with Gasteiger partial charge in [-0.05, 0) is 50.4 Å². The number of aryl methyl sites for hydroxylation is 1. The van der Waals surface area contributed by atoms with Gasteiger partial charge in [0.25, 0.3) is 0 Å². The number of oxazole rings is 1. The highest BCUT2D eigenvalue weighted by atomic mass is 79.9. The molecule has 3 aromatic rings. The van der Waals surface area contributed by atoms with Crippen LogP contribution in [0.4, 0.5) is 5.88 Å². The van der Waals surface area contributed by atoms with Crippen molar-refractivity contribution >= 4 is 31.7 Å². The van der Waals surface area contributed by atoms with E-state index < -0.39 is 9.84 Å². The third kappa shape index (κ3) is 4.10. The lowest BCUT2D eigenvalue weighted by Crippen LogP contribution is -2.44. The maximum Gasteiger partial charge on any atom is 0.236 e. The predicted molar refractivity (Wildman–Crippen MR) is 116 cm³/mol. The number of halogens is 1. The first-order valence-corrected chi connectivity index (χ1v) is 11.6. The van der Waals surface area contributed by atoms with Gasteiger partial charge in [0.05, 0.1) is 4.90 Å². The van der Waals surface area contributed by atoms with Crippen LogP contribution in [0.3, 0.4) is 0 Å². The SMILES string of the molecule is Cc1ccc(-c2nc(S(=O)(=O)c3ccc(Br)cc3)c(N3CCN(C)CC3)o2)cc1. The van der Waals surface area contributed by atoms with Crippen molar-refractivity contribution < 1.29 is 12.8 Å². The standard InChI is InChI=1S/C21H22BrN3O3S/c1-15-3-5-16(6-4-15)19-23-20(21(28-19)25-13-11-24(2)12-14-25)29(26,27)18-9-7-17(22)8-10-18/h3-10H,11-14H2,1-2H3. The van der Waals surface area contributed by atoms with Crippen LogP contribution in [0, 0.1) is 6.92 Å². The molecule has 1 aromatic heterocycles. The Morgan fingerprint density at radius 3 is 2.21 bits per heavy atom. The van der Waals surface area contributed by atoms with E-state index in [2.05, 4.69) is 32.9 Å². The molecule has 0 bridgehead atoms. The van der Waals surface area contributed by atoms with Gasteiger partial charge in [-0.25, -0.2) is 8.42 Å². The summed E-state index contributed by atoms with van der Waals surface area (Å²) in [7, 11) is -1.78. The van der Waals surface area contributed by atoms with Crippen LogP contribution < -0.4 is 4.90 Å². The molecule has 0 N–H and O–H groups in total. The van der Waals surface area contributed by atoms with Crippen molar-refractivity contribution in [1.82, 2.24) is 9.88 Å². The summed E-state index contributed by atoms with van der Waals surface area (Å²) in [6.45, 7) is 5.03. The zero-order chi connectivity index (χ0) is 20.6. The molecule has 0 unspecified atom stereocenters. The minimum atomic E-state index is -3.83. The summed E-state index contributed by atoms with van der Waals surface area (Å²) in [5.74, 6) is 0.631. The summed E-state index contributed by atoms with van der Waals surface area (Å²) < 4.78 is 33.7. The van der Waals surface area contributed by atoms with E-state index in [9.17, 15) is 8.42 Å². The molecular formula is C21H22BrN3O3S. The smallest absolute Gasteiger partial charge is 0.236 e. The largest absolute Gasteiger partial charge is 0.419 e. The first-order valence-electron chi connectivity index (χ1n) is 9.36. The average Bonchev–Trinajstić information content (AvgIpc) is 3.16. The van der Waals surface area contributed by atoms with Crippen LogP contribution >= 0.6 is 15.9 Å². The highest BCUT2D eigenvalue weighted by molar-refractivity contribution is 9.10. The molecule has 0 atom stereocenters. The second kappa shape index (κ2) is 7.93. The van der Waals surface area contributed by atoms with Crippen LogP contribution in [0.5, 0.6) is 0 Å². The van der Waals surface area contributed by atoms with Crippen LogP contribution in [0.25, 0.3) is 11.5 Å². The van der Waals surface area contributed by atoms with Gasteiger partial charge < -0.3 is 14.2 Å². The zero-order valence-electron chi connectivity index (χ0n) is 16.3. The number of nitrogens with zero attached hydrogens (tertiary/aromatic N) is 3. The predicted octanol–water partition coefficient (Wildman–Crippen LogP) is 4.00. The summed E-state index contributed by atoms with van der Waals surface area (Å²) in [5, 5.41) is -0.0278. The molecule has 0 radical (unpaired) electrons. The van der Waals surface area contributed by atoms with Gasteiger partial charge in [0.2, 0.25) is 26.6 Å². The zero-order valence-corrected chi connectivity index (χ0v) is 18.7. The molecule has 152 valence electrons. The Balaban J connectivity index is 1.82. The molecule has 0 spiro atoms. The van der Waals surface area contributed by atoms with E-state index >= 15 is 0 Å². The van der Waals surface area contributed by atoms with Crippen molar-refractivity contribution in [3.05, 3.63) is 58.6 Å². The summed E-state index contributed by atoms with van der Waals surface area (Å²) >= 11 is 3.35. The molecule has 0 aliphatic carbocycles. The molecule has 4 rings (SSSR count). The van der Waals surface area contributed by atoms with E-state index in [-0.39, 0.29) is 9.92 Å². The highest BCUT2D eigenvalue weighted by Crippen LogP contribution is 2.35. The van der Waals surface area contributed by atoms with Gasteiger partial charge in [0.1, 0.15) is 0 Å². The lowest BCUT2D eigenvalue weighted by atomic mass is 10.1. The fraction of sp³-hybridized carbons (Fsp3) is 0.286. The Hall–Kier alpha value is -2.16. The molecule has 2 aromatic carbocycles. The van der Waals surface area contributed by atoms with Crippen molar-refractivity contribution in [3.8, 4) is 11.5 Å². The number of sulfone groups is 1. The summed E-state index contributed by atoms with van der Waals surface area (Å²) in [6, 6.07) is 14.3. The monoisotopic (exact) mass is 475 g/mol. The van der Waals surface area contributed by atoms with Crippen molar-refractivity contribution in [2.45, 2.75) is 16.8 Å². The van der Waals surface area contributed by atoms with Gasteiger partial charge in [-0.1, -0.05) is 33.6 Å². The Morgan fingerprint density at radius 2 is 1.59 bits per heavy atom. The molecular weight excluding hydrogens is 454 g/mol. The Morgan fingerprint density at radius 1 is 0.966 bits per heavy atom. The van der Waals surface area contributed by atoms with Crippen molar-refractivity contribution in [3.63, 3.8) is 0 Å². The number of hydrogen-bond donors (Lipinski definition) is 0. The summed E-state index contributed by atoms with van der Waals surface area (Å²) in [5.41, 5.74) is 1.87. The molecule has 6 nitrogen and oxygen atoms in total. The van der Waals surface area contributed by atoms with E-state index in [4.69, 9.17) is 4.42 Å². The molecule has 1 aliphatic heterocycles. The van der Waals surface area contributed by atoms with Crippen LogP contribution in [-0.2, 0) is 9.84 Å². The second-order valence-corrected chi connectivity index (χ2v) is 10.0. The second-order valence-electron chi connectivity index (χ2n) is 7.24. The van der Waals surface area contributed by atoms with Gasteiger partial charge in [0.15, 0.2) is 0 Å². The number of benzene rings is 2. The first kappa shape index (κ1) is 20.1. The van der Waals surface area contributed by atoms with Gasteiger partial charge in [-0.3, -0.25) is 0 Å². The molecule has 1 aliphatic rings. The molecule has 0 amide bonds. The van der Waals surface area contributed by atoms with E-state index in [0.717, 1.165) is 28.7 Å². The lowest BCUT2D eigenvalue weighted by molar-refractivity contribution is 0.305. The topological polar surface area (TPSA) is 66.7 Å². The molecule has 1 fully saturated rings. The maximum absolute atomic E-state index is 13.4. The van der Waals surface area contributed by atoms with Gasteiger partial charge in [-0.2, -0.15) is 4.98 Å². The fourth-order valence-corrected chi connectivity index (χ4v) is 4.81. The van der Waals surface area contributed by atoms with Crippen molar-refractivity contribution in [1.29, 1.82) is 0 Å². The van der Waals surface area contributed by atoms with Crippen molar-refractivity contribution in [2.75, 3.05) is 38.1 Å². The number of likely N-dealkylation sites (N-methyl/N-ethyl adjacent to an activating group) is 1.